The van der Waals surface area contributed by atoms with Crippen LogP contribution in [0.4, 0.5) is 0 Å². The van der Waals surface area contributed by atoms with Crippen LogP contribution in [0, 0.1) is 0 Å². The largest absolute Gasteiger partial charge is 0.497 e. The van der Waals surface area contributed by atoms with Gasteiger partial charge in [0.15, 0.2) is 0 Å². The molecule has 2 aromatic rings. The van der Waals surface area contributed by atoms with Gasteiger partial charge in [0, 0.05) is 5.02 Å². The number of rotatable bonds is 8. The first kappa shape index (κ1) is 20.2. The average Bonchev–Trinajstić information content (AvgIpc) is 2.61. The van der Waals surface area contributed by atoms with Gasteiger partial charge in [-0.25, -0.2) is 13.1 Å². The minimum Gasteiger partial charge on any atom is -0.497 e. The van der Waals surface area contributed by atoms with Crippen LogP contribution >= 0.6 is 11.6 Å². The summed E-state index contributed by atoms with van der Waals surface area (Å²) >= 11 is 5.81. The summed E-state index contributed by atoms with van der Waals surface area (Å²) in [6.07, 6.45) is -0.145. The summed E-state index contributed by atoms with van der Waals surface area (Å²) in [5.74, 6) is 0.0566. The zero-order valence-electron chi connectivity index (χ0n) is 14.4. The predicted octanol–water partition coefficient (Wildman–Crippen LogP) is 3.32. The Labute approximate surface area is 158 Å². The van der Waals surface area contributed by atoms with E-state index in [4.69, 9.17) is 21.1 Å². The van der Waals surface area contributed by atoms with Crippen molar-refractivity contribution in [3.63, 3.8) is 0 Å². The Kier molecular flexibility index (Phi) is 7.02. The van der Waals surface area contributed by atoms with Crippen LogP contribution in [0.15, 0.2) is 53.4 Å². The number of hydrogen-bond donors (Lipinski definition) is 1. The van der Waals surface area contributed by atoms with E-state index in [-0.39, 0.29) is 17.9 Å². The highest BCUT2D eigenvalue weighted by Crippen LogP contribution is 2.25. The second-order valence-electron chi connectivity index (χ2n) is 5.41. The predicted molar refractivity (Wildman–Crippen MR) is 98.8 cm³/mol. The van der Waals surface area contributed by atoms with Gasteiger partial charge < -0.3 is 9.47 Å². The van der Waals surface area contributed by atoms with Crippen molar-refractivity contribution in [2.75, 3.05) is 13.7 Å². The van der Waals surface area contributed by atoms with Crippen LogP contribution in [-0.4, -0.2) is 28.1 Å². The number of benzene rings is 2. The van der Waals surface area contributed by atoms with Crippen molar-refractivity contribution in [2.45, 2.75) is 24.3 Å². The number of carbonyl (C=O) groups excluding carboxylic acids is 1. The van der Waals surface area contributed by atoms with Gasteiger partial charge >= 0.3 is 5.97 Å². The van der Waals surface area contributed by atoms with Crippen LogP contribution in [0.25, 0.3) is 0 Å². The summed E-state index contributed by atoms with van der Waals surface area (Å²) < 4.78 is 38.1. The fourth-order valence-electron chi connectivity index (χ4n) is 2.34. The van der Waals surface area contributed by atoms with E-state index in [9.17, 15) is 13.2 Å². The molecule has 0 aliphatic heterocycles. The van der Waals surface area contributed by atoms with E-state index in [1.165, 1.54) is 31.4 Å². The first-order valence-corrected chi connectivity index (χ1v) is 9.79. The summed E-state index contributed by atoms with van der Waals surface area (Å²) in [6, 6.07) is 11.8. The van der Waals surface area contributed by atoms with Gasteiger partial charge in [-0.2, -0.15) is 0 Å². The Morgan fingerprint density at radius 2 is 1.88 bits per heavy atom. The maximum Gasteiger partial charge on any atom is 0.307 e. The van der Waals surface area contributed by atoms with Crippen LogP contribution < -0.4 is 9.46 Å². The van der Waals surface area contributed by atoms with E-state index in [1.807, 2.05) is 0 Å². The number of hydrogen-bond acceptors (Lipinski definition) is 5. The van der Waals surface area contributed by atoms with Crippen LogP contribution in [-0.2, 0) is 19.6 Å². The monoisotopic (exact) mass is 397 g/mol. The fourth-order valence-corrected chi connectivity index (χ4v) is 3.69. The standard InChI is InChI=1S/C18H20ClNO5S/c1-3-25-18(21)12-17(13-5-4-6-15(11-13)24-2)20-26(22,23)16-9-7-14(19)8-10-16/h4-11,17,20H,3,12H2,1-2H3. The number of halogens is 1. The molecule has 0 amide bonds. The quantitative estimate of drug-likeness (QED) is 0.691. The molecule has 1 atom stereocenters. The van der Waals surface area contributed by atoms with E-state index in [2.05, 4.69) is 4.72 Å². The molecule has 1 N–H and O–H groups in total. The average molecular weight is 398 g/mol. The minimum atomic E-state index is -3.86. The Hall–Kier alpha value is -2.09. The molecule has 0 bridgehead atoms. The third-order valence-corrected chi connectivity index (χ3v) is 5.33. The molecule has 0 fully saturated rings. The number of methoxy groups -OCH3 is 1. The van der Waals surface area contributed by atoms with Gasteiger partial charge in [-0.3, -0.25) is 4.79 Å². The number of ether oxygens (including phenoxy) is 2. The smallest absolute Gasteiger partial charge is 0.307 e. The van der Waals surface area contributed by atoms with E-state index in [1.54, 1.807) is 31.2 Å². The molecular formula is C18H20ClNO5S. The highest BCUT2D eigenvalue weighted by atomic mass is 35.5. The second kappa shape index (κ2) is 9.02. The van der Waals surface area contributed by atoms with E-state index < -0.39 is 22.0 Å². The molecule has 26 heavy (non-hydrogen) atoms. The van der Waals surface area contributed by atoms with Gasteiger partial charge in [0.25, 0.3) is 0 Å². The van der Waals surface area contributed by atoms with Crippen LogP contribution in [0.1, 0.15) is 24.9 Å². The molecule has 140 valence electrons. The van der Waals surface area contributed by atoms with Crippen molar-refractivity contribution in [3.05, 3.63) is 59.1 Å². The van der Waals surface area contributed by atoms with Gasteiger partial charge in [-0.1, -0.05) is 23.7 Å². The fraction of sp³-hybridized carbons (Fsp3) is 0.278. The lowest BCUT2D eigenvalue weighted by atomic mass is 10.0. The van der Waals surface area contributed by atoms with Crippen LogP contribution in [0.3, 0.4) is 0 Å². The van der Waals surface area contributed by atoms with Gasteiger partial charge in [0.05, 0.1) is 31.1 Å². The molecular weight excluding hydrogens is 378 g/mol. The van der Waals surface area contributed by atoms with Crippen molar-refractivity contribution in [1.29, 1.82) is 0 Å². The zero-order chi connectivity index (χ0) is 19.2. The summed E-state index contributed by atoms with van der Waals surface area (Å²) in [6.45, 7) is 1.91. The normalized spacial score (nSPS) is 12.4. The number of sulfonamides is 1. The van der Waals surface area contributed by atoms with Gasteiger partial charge in [-0.15, -0.1) is 0 Å². The summed E-state index contributed by atoms with van der Waals surface area (Å²) in [5.41, 5.74) is 0.593. The highest BCUT2D eigenvalue weighted by molar-refractivity contribution is 7.89. The summed E-state index contributed by atoms with van der Waals surface area (Å²) in [4.78, 5) is 12.0. The van der Waals surface area contributed by atoms with Gasteiger partial charge in [-0.05, 0) is 48.9 Å². The van der Waals surface area contributed by atoms with Crippen molar-refractivity contribution in [2.24, 2.45) is 0 Å². The Morgan fingerprint density at radius 1 is 1.19 bits per heavy atom. The first-order valence-electron chi connectivity index (χ1n) is 7.93. The molecule has 6 nitrogen and oxygen atoms in total. The molecule has 0 radical (unpaired) electrons. The lowest BCUT2D eigenvalue weighted by molar-refractivity contribution is -0.143. The second-order valence-corrected chi connectivity index (χ2v) is 7.56. The molecule has 0 aliphatic carbocycles. The van der Waals surface area contributed by atoms with E-state index >= 15 is 0 Å². The molecule has 0 saturated heterocycles. The first-order chi connectivity index (χ1) is 12.4. The third-order valence-electron chi connectivity index (χ3n) is 3.59. The maximum absolute atomic E-state index is 12.7. The van der Waals surface area contributed by atoms with E-state index in [0.717, 1.165) is 0 Å². The van der Waals surface area contributed by atoms with Gasteiger partial charge in [0.1, 0.15) is 5.75 Å². The summed E-state index contributed by atoms with van der Waals surface area (Å²) in [7, 11) is -2.35. The van der Waals surface area contributed by atoms with Crippen molar-refractivity contribution in [3.8, 4) is 5.75 Å². The van der Waals surface area contributed by atoms with Gasteiger partial charge in [0.2, 0.25) is 10.0 Å². The topological polar surface area (TPSA) is 81.7 Å². The Bertz CT molecular complexity index is 852. The number of nitrogens with one attached hydrogen (secondary N) is 1. The van der Waals surface area contributed by atoms with Crippen LogP contribution in [0.5, 0.6) is 5.75 Å². The van der Waals surface area contributed by atoms with Crippen molar-refractivity contribution in [1.82, 2.24) is 4.72 Å². The molecule has 8 heteroatoms. The zero-order valence-corrected chi connectivity index (χ0v) is 16.0. The SMILES string of the molecule is CCOC(=O)CC(NS(=O)(=O)c1ccc(Cl)cc1)c1cccc(OC)c1. The molecule has 0 aromatic heterocycles. The number of carbonyl (C=O) groups is 1. The van der Waals surface area contributed by atoms with Crippen molar-refractivity contribution >= 4 is 27.6 Å². The molecule has 2 rings (SSSR count). The molecule has 0 spiro atoms. The van der Waals surface area contributed by atoms with E-state index in [0.29, 0.717) is 16.3 Å². The molecule has 1 unspecified atom stereocenters. The highest BCUT2D eigenvalue weighted by Gasteiger charge is 2.24. The number of esters is 1. The van der Waals surface area contributed by atoms with Crippen molar-refractivity contribution < 1.29 is 22.7 Å². The lowest BCUT2D eigenvalue weighted by Gasteiger charge is -2.19. The Balaban J connectivity index is 2.33. The van der Waals surface area contributed by atoms with Crippen LogP contribution in [0.2, 0.25) is 5.02 Å². The molecule has 0 heterocycles. The third kappa shape index (κ3) is 5.45. The summed E-state index contributed by atoms with van der Waals surface area (Å²) in [5, 5.41) is 0.430. The maximum atomic E-state index is 12.7. The minimum absolute atomic E-state index is 0.0543. The Morgan fingerprint density at radius 3 is 2.50 bits per heavy atom. The molecule has 0 saturated carbocycles. The molecule has 2 aromatic carbocycles. The lowest BCUT2D eigenvalue weighted by Crippen LogP contribution is -2.30. The molecule has 0 aliphatic rings.